The first kappa shape index (κ1) is 20.2. The molecule has 0 aromatic carbocycles. The summed E-state index contributed by atoms with van der Waals surface area (Å²) in [7, 11) is 0. The summed E-state index contributed by atoms with van der Waals surface area (Å²) < 4.78 is 0. The van der Waals surface area contributed by atoms with Crippen molar-refractivity contribution in [3.8, 4) is 0 Å². The largest absolute Gasteiger partial charge is 0.481 e. The highest BCUT2D eigenvalue weighted by Crippen LogP contribution is 2.11. The Bertz CT molecular complexity index is 224. The zero-order valence-corrected chi connectivity index (χ0v) is 12.3. The Hall–Kier alpha value is -0.770. The number of hydrogen-bond acceptors (Lipinski definition) is 7. The molecule has 21 heavy (non-hydrogen) atoms. The van der Waals surface area contributed by atoms with E-state index in [0.717, 1.165) is 38.5 Å². The third kappa shape index (κ3) is 19.2. The maximum absolute atomic E-state index is 10.3. The highest BCUT2D eigenvalue weighted by atomic mass is 17.8. The minimum absolute atomic E-state index is 0.288. The molecule has 0 unspecified atom stereocenters. The number of carboxylic acid groups (broad SMARTS) is 1. The highest BCUT2D eigenvalue weighted by Gasteiger charge is 1.97. The van der Waals surface area contributed by atoms with Crippen molar-refractivity contribution in [3.05, 3.63) is 0 Å². The van der Waals surface area contributed by atoms with Crippen LogP contribution in [-0.4, -0.2) is 22.9 Å². The molecule has 0 aliphatic rings. The molecule has 0 fully saturated rings. The van der Waals surface area contributed by atoms with Crippen molar-refractivity contribution >= 4 is 5.97 Å². The van der Waals surface area contributed by atoms with Crippen LogP contribution in [0, 0.1) is 0 Å². The fourth-order valence-corrected chi connectivity index (χ4v) is 1.93. The summed E-state index contributed by atoms with van der Waals surface area (Å²) in [5.74, 6) is -0.704. The van der Waals surface area contributed by atoms with Gasteiger partial charge in [-0.15, -0.1) is 0 Å². The molecular weight excluding hydrogens is 284 g/mol. The lowest BCUT2D eigenvalue weighted by atomic mass is 10.1. The summed E-state index contributed by atoms with van der Waals surface area (Å²) >= 11 is 0. The molecular formula is C13H26O8. The van der Waals surface area contributed by atoms with Gasteiger partial charge < -0.3 is 5.11 Å². The van der Waals surface area contributed by atoms with Gasteiger partial charge in [-0.3, -0.25) is 4.79 Å². The Kier molecular flexibility index (Phi) is 16.6. The highest BCUT2D eigenvalue weighted by molar-refractivity contribution is 5.66. The van der Waals surface area contributed by atoms with Crippen LogP contribution >= 0.6 is 0 Å². The maximum Gasteiger partial charge on any atom is 0.303 e. The molecule has 0 bridgehead atoms. The van der Waals surface area contributed by atoms with Gasteiger partial charge in [0.25, 0.3) is 0 Å². The standard InChI is InChI=1S/C13H26O8/c14-13(15)11-9-7-5-3-1-2-4-6-8-10-12-17-19-21-20-18-16/h16H,1-12H2,(H,14,15). The molecule has 0 radical (unpaired) electrons. The molecule has 0 spiro atoms. The average molecular weight is 310 g/mol. The predicted molar refractivity (Wildman–Crippen MR) is 71.3 cm³/mol. The molecule has 126 valence electrons. The number of carboxylic acids is 1. The van der Waals surface area contributed by atoms with E-state index in [1.165, 1.54) is 25.7 Å². The van der Waals surface area contributed by atoms with Crippen molar-refractivity contribution < 1.29 is 40.2 Å². The molecule has 0 aliphatic heterocycles. The van der Waals surface area contributed by atoms with E-state index < -0.39 is 5.97 Å². The molecule has 0 amide bonds. The zero-order chi connectivity index (χ0) is 15.6. The van der Waals surface area contributed by atoms with Gasteiger partial charge in [0.2, 0.25) is 0 Å². The molecule has 0 saturated carbocycles. The number of carbonyl (C=O) groups is 1. The molecule has 0 aromatic heterocycles. The van der Waals surface area contributed by atoms with Crippen LogP contribution in [0.2, 0.25) is 0 Å². The van der Waals surface area contributed by atoms with Gasteiger partial charge in [0.15, 0.2) is 0 Å². The monoisotopic (exact) mass is 310 g/mol. The molecule has 0 heterocycles. The third-order valence-electron chi connectivity index (χ3n) is 3.00. The van der Waals surface area contributed by atoms with E-state index in [-0.39, 0.29) is 6.42 Å². The van der Waals surface area contributed by atoms with Gasteiger partial charge in [0, 0.05) is 6.42 Å². The fourth-order valence-electron chi connectivity index (χ4n) is 1.93. The first-order valence-corrected chi connectivity index (χ1v) is 7.42. The summed E-state index contributed by atoms with van der Waals surface area (Å²) in [6.45, 7) is 0.373. The van der Waals surface area contributed by atoms with Gasteiger partial charge in [0.1, 0.15) is 0 Å². The molecule has 0 saturated heterocycles. The van der Waals surface area contributed by atoms with Crippen molar-refractivity contribution in [3.63, 3.8) is 0 Å². The summed E-state index contributed by atoms with van der Waals surface area (Å²) in [6, 6.07) is 0. The molecule has 0 aliphatic carbocycles. The maximum atomic E-state index is 10.3. The van der Waals surface area contributed by atoms with E-state index in [0.29, 0.717) is 6.61 Å². The Morgan fingerprint density at radius 2 is 1.24 bits per heavy atom. The quantitative estimate of drug-likeness (QED) is 0.239. The van der Waals surface area contributed by atoms with Crippen LogP contribution < -0.4 is 0 Å². The first-order valence-electron chi connectivity index (χ1n) is 7.42. The molecule has 8 nitrogen and oxygen atoms in total. The second-order valence-corrected chi connectivity index (χ2v) is 4.78. The van der Waals surface area contributed by atoms with E-state index in [9.17, 15) is 4.79 Å². The topological polar surface area (TPSA) is 104 Å². The lowest BCUT2D eigenvalue weighted by Gasteiger charge is -2.02. The smallest absolute Gasteiger partial charge is 0.303 e. The zero-order valence-electron chi connectivity index (χ0n) is 12.3. The van der Waals surface area contributed by atoms with Gasteiger partial charge in [-0.2, -0.15) is 0 Å². The van der Waals surface area contributed by atoms with Crippen molar-refractivity contribution in [2.75, 3.05) is 6.61 Å². The average Bonchev–Trinajstić information content (AvgIpc) is 2.46. The fraction of sp³-hybridized carbons (Fsp3) is 0.923. The van der Waals surface area contributed by atoms with Gasteiger partial charge in [-0.1, -0.05) is 51.4 Å². The number of aliphatic carboxylic acids is 1. The van der Waals surface area contributed by atoms with Crippen molar-refractivity contribution in [2.24, 2.45) is 0 Å². The van der Waals surface area contributed by atoms with Crippen molar-refractivity contribution in [1.29, 1.82) is 0 Å². The first-order chi connectivity index (χ1) is 10.3. The van der Waals surface area contributed by atoms with Gasteiger partial charge >= 0.3 is 5.97 Å². The second-order valence-electron chi connectivity index (χ2n) is 4.78. The minimum atomic E-state index is -0.704. The number of hydrogen-bond donors (Lipinski definition) is 2. The van der Waals surface area contributed by atoms with Gasteiger partial charge in [-0.25, -0.2) is 10.1 Å². The number of unbranched alkanes of at least 4 members (excludes halogenated alkanes) is 9. The normalized spacial score (nSPS) is 10.9. The van der Waals surface area contributed by atoms with E-state index in [1.54, 1.807) is 0 Å². The Balaban J connectivity index is 2.95. The van der Waals surface area contributed by atoms with E-state index in [2.05, 4.69) is 25.0 Å². The van der Waals surface area contributed by atoms with Crippen LogP contribution in [0.4, 0.5) is 0 Å². The summed E-state index contributed by atoms with van der Waals surface area (Å²) in [5, 5.41) is 30.6. The molecule has 8 heteroatoms. The lowest BCUT2D eigenvalue weighted by Crippen LogP contribution is -1.99. The summed E-state index contributed by atoms with van der Waals surface area (Å²) in [5.41, 5.74) is 0. The minimum Gasteiger partial charge on any atom is -0.481 e. The van der Waals surface area contributed by atoms with Crippen LogP contribution in [0.25, 0.3) is 0 Å². The Labute approximate surface area is 124 Å². The van der Waals surface area contributed by atoms with Crippen LogP contribution in [0.3, 0.4) is 0 Å². The second kappa shape index (κ2) is 17.3. The van der Waals surface area contributed by atoms with E-state index in [1.807, 2.05) is 0 Å². The molecule has 0 rings (SSSR count). The summed E-state index contributed by atoms with van der Waals surface area (Å²) in [4.78, 5) is 14.9. The van der Waals surface area contributed by atoms with E-state index in [4.69, 9.17) is 10.4 Å². The van der Waals surface area contributed by atoms with E-state index >= 15 is 0 Å². The van der Waals surface area contributed by atoms with Crippen molar-refractivity contribution in [2.45, 2.75) is 70.6 Å². The third-order valence-corrected chi connectivity index (χ3v) is 3.00. The Morgan fingerprint density at radius 3 is 1.76 bits per heavy atom. The summed E-state index contributed by atoms with van der Waals surface area (Å²) in [6.07, 6.45) is 11.0. The predicted octanol–water partition coefficient (Wildman–Crippen LogP) is 3.58. The van der Waals surface area contributed by atoms with Crippen LogP contribution in [0.1, 0.15) is 70.6 Å². The van der Waals surface area contributed by atoms with Crippen LogP contribution in [0.5, 0.6) is 0 Å². The molecule has 0 aromatic rings. The van der Waals surface area contributed by atoms with Crippen molar-refractivity contribution in [1.82, 2.24) is 0 Å². The van der Waals surface area contributed by atoms with Gasteiger partial charge in [0.05, 0.1) is 6.61 Å². The Morgan fingerprint density at radius 1 is 0.714 bits per heavy atom. The van der Waals surface area contributed by atoms with Crippen LogP contribution in [-0.2, 0) is 29.8 Å². The van der Waals surface area contributed by atoms with Crippen LogP contribution in [0.15, 0.2) is 0 Å². The molecule has 2 N–H and O–H groups in total. The van der Waals surface area contributed by atoms with Gasteiger partial charge in [-0.05, 0) is 33.0 Å². The lowest BCUT2D eigenvalue weighted by molar-refractivity contribution is -0.753. The SMILES string of the molecule is O=C(O)CCCCCCCCCCCCOOOOOO. The number of rotatable bonds is 17. The molecule has 0 atom stereocenters.